The molecule has 33 heavy (non-hydrogen) atoms. The first-order chi connectivity index (χ1) is 16.1. The van der Waals surface area contributed by atoms with E-state index < -0.39 is 0 Å². The van der Waals surface area contributed by atoms with Crippen LogP contribution < -0.4 is 14.8 Å². The van der Waals surface area contributed by atoms with Gasteiger partial charge < -0.3 is 24.1 Å². The van der Waals surface area contributed by atoms with Gasteiger partial charge in [-0.1, -0.05) is 18.2 Å². The Labute approximate surface area is 194 Å². The molecular weight excluding hydrogens is 416 g/mol. The number of nitrogens with one attached hydrogen (secondary N) is 1. The summed E-state index contributed by atoms with van der Waals surface area (Å²) in [6.45, 7) is 3.94. The van der Waals surface area contributed by atoms with Crippen LogP contribution in [0.1, 0.15) is 36.1 Å². The van der Waals surface area contributed by atoms with Crippen molar-refractivity contribution in [2.24, 2.45) is 0 Å². The predicted molar refractivity (Wildman–Crippen MR) is 127 cm³/mol. The van der Waals surface area contributed by atoms with E-state index in [4.69, 9.17) is 14.2 Å². The van der Waals surface area contributed by atoms with Crippen LogP contribution >= 0.6 is 0 Å². The Bertz CT molecular complexity index is 1160. The number of aromatic nitrogens is 1. The summed E-state index contributed by atoms with van der Waals surface area (Å²) in [5.41, 5.74) is 6.44. The fraction of sp³-hybridized carbons (Fsp3) is 0.370. The van der Waals surface area contributed by atoms with Crippen LogP contribution in [0, 0.1) is 6.92 Å². The SMILES string of the molecule is COc1cc(C)ccc1-n1c(CCC(=O)NCC2CCCO2)cc2c1-c1ccccc1OC2. The van der Waals surface area contributed by atoms with Crippen LogP contribution in [-0.4, -0.2) is 36.8 Å². The molecule has 2 aliphatic rings. The standard InChI is InChI=1S/C27H30N2O4/c1-18-9-11-23(25(14-18)31-2)29-20(10-12-26(30)28-16-21-6-5-13-32-21)15-19-17-33-24-8-4-3-7-22(24)27(19)29/h3-4,7-9,11,14-15,21H,5-6,10,12-13,16-17H2,1-2H3,(H,28,30). The van der Waals surface area contributed by atoms with E-state index in [0.29, 0.717) is 26.0 Å². The van der Waals surface area contributed by atoms with Crippen molar-refractivity contribution in [1.29, 1.82) is 0 Å². The first kappa shape index (κ1) is 21.6. The molecule has 3 heterocycles. The number of para-hydroxylation sites is 1. The zero-order chi connectivity index (χ0) is 22.8. The van der Waals surface area contributed by atoms with Gasteiger partial charge in [-0.3, -0.25) is 4.79 Å². The number of hydrogen-bond acceptors (Lipinski definition) is 4. The van der Waals surface area contributed by atoms with E-state index in [9.17, 15) is 4.79 Å². The Morgan fingerprint density at radius 1 is 1.21 bits per heavy atom. The average Bonchev–Trinajstić information content (AvgIpc) is 3.49. The second kappa shape index (κ2) is 9.32. The largest absolute Gasteiger partial charge is 0.495 e. The Kier molecular flexibility index (Phi) is 6.09. The maximum atomic E-state index is 12.6. The zero-order valence-corrected chi connectivity index (χ0v) is 19.2. The van der Waals surface area contributed by atoms with E-state index in [1.54, 1.807) is 7.11 Å². The molecular formula is C27H30N2O4. The maximum Gasteiger partial charge on any atom is 0.220 e. The molecule has 5 rings (SSSR count). The van der Waals surface area contributed by atoms with Crippen molar-refractivity contribution in [2.45, 2.75) is 45.3 Å². The number of nitrogens with zero attached hydrogens (tertiary/aromatic N) is 1. The molecule has 2 aliphatic heterocycles. The Morgan fingerprint density at radius 3 is 2.91 bits per heavy atom. The van der Waals surface area contributed by atoms with Gasteiger partial charge in [-0.2, -0.15) is 0 Å². The third-order valence-corrected chi connectivity index (χ3v) is 6.42. The molecule has 0 spiro atoms. The Hall–Kier alpha value is -3.25. The number of benzene rings is 2. The van der Waals surface area contributed by atoms with Crippen LogP contribution in [-0.2, 0) is 22.6 Å². The molecule has 1 atom stereocenters. The summed E-state index contributed by atoms with van der Waals surface area (Å²) in [5, 5.41) is 3.04. The molecule has 1 aromatic heterocycles. The lowest BCUT2D eigenvalue weighted by Crippen LogP contribution is -2.31. The third kappa shape index (κ3) is 4.35. The minimum Gasteiger partial charge on any atom is -0.495 e. The molecule has 1 unspecified atom stereocenters. The van der Waals surface area contributed by atoms with Gasteiger partial charge in [-0.05, 0) is 62.1 Å². The normalized spacial score (nSPS) is 16.6. The van der Waals surface area contributed by atoms with Crippen LogP contribution in [0.4, 0.5) is 0 Å². The number of hydrogen-bond donors (Lipinski definition) is 1. The van der Waals surface area contributed by atoms with Gasteiger partial charge >= 0.3 is 0 Å². The molecule has 6 heteroatoms. The zero-order valence-electron chi connectivity index (χ0n) is 19.2. The van der Waals surface area contributed by atoms with Crippen molar-refractivity contribution in [2.75, 3.05) is 20.3 Å². The number of methoxy groups -OCH3 is 1. The summed E-state index contributed by atoms with van der Waals surface area (Å²) < 4.78 is 19.6. The van der Waals surface area contributed by atoms with Gasteiger partial charge in [0, 0.05) is 36.4 Å². The molecule has 1 N–H and O–H groups in total. The van der Waals surface area contributed by atoms with Gasteiger partial charge in [-0.25, -0.2) is 0 Å². The highest BCUT2D eigenvalue weighted by Crippen LogP contribution is 2.42. The predicted octanol–water partition coefficient (Wildman–Crippen LogP) is 4.58. The quantitative estimate of drug-likeness (QED) is 0.577. The highest BCUT2D eigenvalue weighted by atomic mass is 16.5. The van der Waals surface area contributed by atoms with Gasteiger partial charge in [0.15, 0.2) is 0 Å². The number of fused-ring (bicyclic) bond motifs is 3. The number of rotatable bonds is 7. The number of amides is 1. The third-order valence-electron chi connectivity index (χ3n) is 6.42. The average molecular weight is 447 g/mol. The van der Waals surface area contributed by atoms with Gasteiger partial charge in [0.05, 0.1) is 24.6 Å². The second-order valence-corrected chi connectivity index (χ2v) is 8.74. The number of ether oxygens (including phenoxy) is 3. The van der Waals surface area contributed by atoms with Crippen molar-refractivity contribution in [1.82, 2.24) is 9.88 Å². The van der Waals surface area contributed by atoms with E-state index in [1.807, 2.05) is 24.3 Å². The van der Waals surface area contributed by atoms with Gasteiger partial charge in [-0.15, -0.1) is 0 Å². The molecule has 2 aromatic carbocycles. The minimum absolute atomic E-state index is 0.0451. The fourth-order valence-corrected chi connectivity index (χ4v) is 4.76. The van der Waals surface area contributed by atoms with E-state index in [2.05, 4.69) is 41.1 Å². The van der Waals surface area contributed by atoms with Gasteiger partial charge in [0.1, 0.15) is 18.1 Å². The molecule has 0 radical (unpaired) electrons. The molecule has 3 aromatic rings. The number of carbonyl (C=O) groups is 1. The van der Waals surface area contributed by atoms with Crippen molar-refractivity contribution in [3.63, 3.8) is 0 Å². The van der Waals surface area contributed by atoms with Crippen LogP contribution in [0.3, 0.4) is 0 Å². The number of aryl methyl sites for hydroxylation is 2. The summed E-state index contributed by atoms with van der Waals surface area (Å²) in [4.78, 5) is 12.6. The van der Waals surface area contributed by atoms with Crippen molar-refractivity contribution < 1.29 is 19.0 Å². The second-order valence-electron chi connectivity index (χ2n) is 8.74. The summed E-state index contributed by atoms with van der Waals surface area (Å²) in [6.07, 6.45) is 3.26. The molecule has 1 amide bonds. The summed E-state index contributed by atoms with van der Waals surface area (Å²) in [5.74, 6) is 1.72. The van der Waals surface area contributed by atoms with Gasteiger partial charge in [0.2, 0.25) is 5.91 Å². The Morgan fingerprint density at radius 2 is 2.09 bits per heavy atom. The summed E-state index contributed by atoms with van der Waals surface area (Å²) in [6, 6.07) is 16.5. The molecule has 172 valence electrons. The maximum absolute atomic E-state index is 12.6. The molecule has 0 saturated carbocycles. The van der Waals surface area contributed by atoms with Crippen molar-refractivity contribution in [3.05, 3.63) is 65.4 Å². The van der Waals surface area contributed by atoms with E-state index in [1.165, 1.54) is 0 Å². The van der Waals surface area contributed by atoms with Crippen molar-refractivity contribution in [3.8, 4) is 28.4 Å². The summed E-state index contributed by atoms with van der Waals surface area (Å²) >= 11 is 0. The highest BCUT2D eigenvalue weighted by molar-refractivity contribution is 5.78. The van der Waals surface area contributed by atoms with E-state index >= 15 is 0 Å². The molecule has 1 saturated heterocycles. The molecule has 1 fully saturated rings. The Balaban J connectivity index is 1.48. The van der Waals surface area contributed by atoms with Gasteiger partial charge in [0.25, 0.3) is 0 Å². The first-order valence-corrected chi connectivity index (χ1v) is 11.6. The van der Waals surface area contributed by atoms with E-state index in [0.717, 1.165) is 64.7 Å². The number of carbonyl (C=O) groups excluding carboxylic acids is 1. The molecule has 0 aliphatic carbocycles. The highest BCUT2D eigenvalue weighted by Gasteiger charge is 2.26. The fourth-order valence-electron chi connectivity index (χ4n) is 4.76. The molecule has 0 bridgehead atoms. The lowest BCUT2D eigenvalue weighted by Gasteiger charge is -2.22. The van der Waals surface area contributed by atoms with Crippen LogP contribution in [0.2, 0.25) is 0 Å². The minimum atomic E-state index is 0.0451. The monoisotopic (exact) mass is 446 g/mol. The lowest BCUT2D eigenvalue weighted by atomic mass is 10.0. The summed E-state index contributed by atoms with van der Waals surface area (Å²) in [7, 11) is 1.70. The smallest absolute Gasteiger partial charge is 0.220 e. The van der Waals surface area contributed by atoms with Crippen LogP contribution in [0.25, 0.3) is 16.9 Å². The van der Waals surface area contributed by atoms with Crippen molar-refractivity contribution >= 4 is 5.91 Å². The van der Waals surface area contributed by atoms with Crippen LogP contribution in [0.15, 0.2) is 48.5 Å². The molecule has 6 nitrogen and oxygen atoms in total. The van der Waals surface area contributed by atoms with Crippen LogP contribution in [0.5, 0.6) is 11.5 Å². The lowest BCUT2D eigenvalue weighted by molar-refractivity contribution is -0.121. The van der Waals surface area contributed by atoms with E-state index in [-0.39, 0.29) is 12.0 Å². The topological polar surface area (TPSA) is 61.7 Å². The first-order valence-electron chi connectivity index (χ1n) is 11.6.